The average molecular weight is 1480 g/mol. The minimum atomic E-state index is -4.96. The Morgan fingerprint density at radius 3 is 0.673 bits per heavy atom. The molecule has 2 unspecified atom stereocenters. The largest absolute Gasteiger partial charge is 0.472 e. The molecule has 0 fully saturated rings. The molecule has 0 aromatic carbocycles. The number of carbonyl (C=O) groups excluding carboxylic acids is 4. The Morgan fingerprint density at radius 2 is 0.455 bits per heavy atom. The summed E-state index contributed by atoms with van der Waals surface area (Å²) in [6.45, 7) is 7.34. The molecule has 17 nitrogen and oxygen atoms in total. The second-order valence-corrected chi connectivity index (χ2v) is 32.9. The molecule has 0 rings (SSSR count). The van der Waals surface area contributed by atoms with Gasteiger partial charge in [0.2, 0.25) is 0 Å². The number of unbranched alkanes of at least 4 members (excludes halogenated alkanes) is 54. The summed E-state index contributed by atoms with van der Waals surface area (Å²) < 4.78 is 68.7. The van der Waals surface area contributed by atoms with Gasteiger partial charge in [-0.2, -0.15) is 0 Å². The summed E-state index contributed by atoms with van der Waals surface area (Å²) >= 11 is 0. The van der Waals surface area contributed by atoms with Gasteiger partial charge in [0.05, 0.1) is 26.4 Å². The van der Waals surface area contributed by atoms with Crippen LogP contribution in [0.25, 0.3) is 0 Å². The molecule has 0 bridgehead atoms. The summed E-state index contributed by atoms with van der Waals surface area (Å²) in [6, 6.07) is 0. The van der Waals surface area contributed by atoms with Crippen molar-refractivity contribution in [2.75, 3.05) is 39.6 Å². The number of esters is 4. The van der Waals surface area contributed by atoms with Gasteiger partial charge in [-0.1, -0.05) is 388 Å². The van der Waals surface area contributed by atoms with Gasteiger partial charge in [0.25, 0.3) is 0 Å². The maximum Gasteiger partial charge on any atom is 0.472 e. The number of hydrogen-bond acceptors (Lipinski definition) is 15. The van der Waals surface area contributed by atoms with E-state index in [1.54, 1.807) is 0 Å². The molecule has 0 aromatic rings. The molecule has 0 radical (unpaired) electrons. The molecule has 600 valence electrons. The van der Waals surface area contributed by atoms with Crippen molar-refractivity contribution in [1.29, 1.82) is 0 Å². The predicted octanol–water partition coefficient (Wildman–Crippen LogP) is 24.8. The lowest BCUT2D eigenvalue weighted by Crippen LogP contribution is -2.30. The Kier molecular flexibility index (Phi) is 73.5. The Morgan fingerprint density at radius 1 is 0.267 bits per heavy atom. The normalized spacial score (nSPS) is 13.8. The van der Waals surface area contributed by atoms with Gasteiger partial charge in [-0.3, -0.25) is 37.3 Å². The van der Waals surface area contributed by atoms with Crippen LogP contribution in [0.15, 0.2) is 0 Å². The van der Waals surface area contributed by atoms with E-state index in [1.165, 1.54) is 263 Å². The monoisotopic (exact) mass is 1480 g/mol. The number of aliphatic hydroxyl groups excluding tert-OH is 1. The second kappa shape index (κ2) is 74.9. The van der Waals surface area contributed by atoms with Crippen molar-refractivity contribution < 1.29 is 80.2 Å². The molecule has 0 saturated carbocycles. The van der Waals surface area contributed by atoms with E-state index >= 15 is 0 Å². The zero-order valence-corrected chi connectivity index (χ0v) is 67.8. The fraction of sp³-hybridized carbons (Fsp3) is 0.951. The topological polar surface area (TPSA) is 237 Å². The lowest BCUT2D eigenvalue weighted by Gasteiger charge is -2.21. The van der Waals surface area contributed by atoms with Gasteiger partial charge in [-0.25, -0.2) is 9.13 Å². The molecule has 5 atom stereocenters. The lowest BCUT2D eigenvalue weighted by atomic mass is 10.0. The van der Waals surface area contributed by atoms with Crippen LogP contribution in [0.1, 0.15) is 439 Å². The number of ether oxygens (including phenoxy) is 4. The zero-order valence-electron chi connectivity index (χ0n) is 66.1. The summed E-state index contributed by atoms with van der Waals surface area (Å²) in [5.74, 6) is -1.31. The van der Waals surface area contributed by atoms with Crippen LogP contribution in [-0.2, 0) is 65.4 Å². The Bertz CT molecular complexity index is 1930. The van der Waals surface area contributed by atoms with Crippen molar-refractivity contribution in [2.45, 2.75) is 457 Å². The van der Waals surface area contributed by atoms with E-state index in [4.69, 9.17) is 37.0 Å². The third-order valence-electron chi connectivity index (χ3n) is 19.3. The van der Waals surface area contributed by atoms with Crippen LogP contribution in [0, 0.1) is 5.92 Å². The van der Waals surface area contributed by atoms with E-state index in [0.717, 1.165) is 95.8 Å². The quantitative estimate of drug-likeness (QED) is 0.0222. The van der Waals surface area contributed by atoms with Crippen molar-refractivity contribution in [1.82, 2.24) is 0 Å². The van der Waals surface area contributed by atoms with Crippen molar-refractivity contribution in [3.05, 3.63) is 0 Å². The van der Waals surface area contributed by atoms with Crippen LogP contribution in [0.5, 0.6) is 0 Å². The van der Waals surface area contributed by atoms with Gasteiger partial charge in [0.1, 0.15) is 19.3 Å². The molecule has 0 aliphatic carbocycles. The third kappa shape index (κ3) is 76.1. The molecule has 19 heteroatoms. The number of hydrogen-bond donors (Lipinski definition) is 3. The summed E-state index contributed by atoms with van der Waals surface area (Å²) in [5.41, 5.74) is 0. The lowest BCUT2D eigenvalue weighted by molar-refractivity contribution is -0.161. The van der Waals surface area contributed by atoms with Crippen molar-refractivity contribution in [3.8, 4) is 0 Å². The van der Waals surface area contributed by atoms with E-state index < -0.39 is 97.5 Å². The van der Waals surface area contributed by atoms with E-state index in [0.29, 0.717) is 25.7 Å². The molecular formula is C82H160O17P2. The van der Waals surface area contributed by atoms with Crippen LogP contribution in [0.3, 0.4) is 0 Å². The predicted molar refractivity (Wildman–Crippen MR) is 414 cm³/mol. The van der Waals surface area contributed by atoms with Gasteiger partial charge in [-0.15, -0.1) is 0 Å². The number of aliphatic hydroxyl groups is 1. The molecule has 0 heterocycles. The van der Waals surface area contributed by atoms with Gasteiger partial charge in [0, 0.05) is 25.7 Å². The van der Waals surface area contributed by atoms with E-state index in [2.05, 4.69) is 34.6 Å². The highest BCUT2D eigenvalue weighted by atomic mass is 31.2. The van der Waals surface area contributed by atoms with E-state index in [1.807, 2.05) is 0 Å². The van der Waals surface area contributed by atoms with Crippen LogP contribution < -0.4 is 0 Å². The summed E-state index contributed by atoms with van der Waals surface area (Å²) in [6.07, 6.45) is 66.6. The maximum absolute atomic E-state index is 13.1. The Labute approximate surface area is 619 Å². The van der Waals surface area contributed by atoms with Gasteiger partial charge >= 0.3 is 39.5 Å². The van der Waals surface area contributed by atoms with Crippen LogP contribution in [0.2, 0.25) is 0 Å². The molecule has 0 saturated heterocycles. The van der Waals surface area contributed by atoms with Gasteiger partial charge < -0.3 is 33.8 Å². The van der Waals surface area contributed by atoms with Crippen LogP contribution >= 0.6 is 15.6 Å². The first kappa shape index (κ1) is 99.1. The fourth-order valence-corrected chi connectivity index (χ4v) is 14.3. The Hall–Kier alpha value is -1.94. The van der Waals surface area contributed by atoms with E-state index in [-0.39, 0.29) is 25.7 Å². The Balaban J connectivity index is 5.21. The molecule has 0 aliphatic heterocycles. The molecule has 0 aromatic heterocycles. The summed E-state index contributed by atoms with van der Waals surface area (Å²) in [4.78, 5) is 73.0. The third-order valence-corrected chi connectivity index (χ3v) is 21.2. The summed E-state index contributed by atoms with van der Waals surface area (Å²) in [7, 11) is -9.92. The second-order valence-electron chi connectivity index (χ2n) is 30.0. The first-order valence-electron chi connectivity index (χ1n) is 42.6. The molecule has 3 N–H and O–H groups in total. The van der Waals surface area contributed by atoms with Crippen molar-refractivity contribution >= 4 is 39.5 Å². The van der Waals surface area contributed by atoms with E-state index in [9.17, 15) is 43.2 Å². The van der Waals surface area contributed by atoms with Gasteiger partial charge in [0.15, 0.2) is 12.2 Å². The molecular weight excluding hydrogens is 1320 g/mol. The first-order valence-corrected chi connectivity index (χ1v) is 45.6. The zero-order chi connectivity index (χ0) is 74.1. The van der Waals surface area contributed by atoms with Crippen molar-refractivity contribution in [2.24, 2.45) is 5.92 Å². The standard InChI is InChI=1S/C82H160O17P2/c1-6-9-12-15-18-21-23-25-27-29-30-31-32-34-38-43-48-53-58-63-68-82(87)99-78(72-93-80(85)66-61-56-51-46-41-39-35-36-40-45-49-54-59-64-75(4)5)74-97-101(90,91)95-70-76(83)69-94-100(88,89)96-73-77(71-92-79(84)65-60-55-50-44-20-17-14-11-8-3)98-81(86)67-62-57-52-47-42-37-33-28-26-24-22-19-16-13-10-7-2/h75-78,83H,6-74H2,1-5H3,(H,88,89)(H,90,91)/t76-,77+,78+/m0/s1. The minimum Gasteiger partial charge on any atom is -0.462 e. The highest BCUT2D eigenvalue weighted by Crippen LogP contribution is 2.45. The number of phosphoric acid groups is 2. The number of phosphoric ester groups is 2. The maximum atomic E-state index is 13.1. The number of carbonyl (C=O) groups is 4. The molecule has 0 spiro atoms. The smallest absolute Gasteiger partial charge is 0.462 e. The van der Waals surface area contributed by atoms with Crippen LogP contribution in [-0.4, -0.2) is 96.7 Å². The number of rotatable bonds is 82. The first-order chi connectivity index (χ1) is 49.0. The fourth-order valence-electron chi connectivity index (χ4n) is 12.8. The van der Waals surface area contributed by atoms with Crippen molar-refractivity contribution in [3.63, 3.8) is 0 Å². The molecule has 0 amide bonds. The molecule has 101 heavy (non-hydrogen) atoms. The average Bonchev–Trinajstić information content (AvgIpc) is 0.965. The van der Waals surface area contributed by atoms with Gasteiger partial charge in [-0.05, 0) is 31.6 Å². The van der Waals surface area contributed by atoms with Crippen LogP contribution in [0.4, 0.5) is 0 Å². The molecule has 0 aliphatic rings. The SMILES string of the molecule is CCCCCCCCCCCCCCCCCCCCCCC(=O)O[C@H](COC(=O)CCCCCCCCCCCCCCCC(C)C)COP(=O)(O)OC[C@@H](O)COP(=O)(O)OC[C@@H](COC(=O)CCCCCCCCCCC)OC(=O)CCCCCCCCCCCCCCCCCC. The minimum absolute atomic E-state index is 0.109. The summed E-state index contributed by atoms with van der Waals surface area (Å²) in [5, 5.41) is 10.6. The highest BCUT2D eigenvalue weighted by molar-refractivity contribution is 7.47. The highest BCUT2D eigenvalue weighted by Gasteiger charge is 2.30.